The number of benzene rings is 2. The standard InChI is InChI=1S/C17H13F3N2O3S/c1-24-13-7-6-10(17(18,19)20)8-12(13)21-15(23)9-26-16-22-11-4-2-3-5-14(11)25-16/h2-8H,9H2,1H3,(H,21,23). The van der Waals surface area contributed by atoms with Gasteiger partial charge in [-0.3, -0.25) is 4.79 Å². The molecule has 136 valence electrons. The fourth-order valence-electron chi connectivity index (χ4n) is 2.21. The number of nitrogens with zero attached hydrogens (tertiary/aromatic N) is 1. The quantitative estimate of drug-likeness (QED) is 0.654. The number of thioether (sulfide) groups is 1. The van der Waals surface area contributed by atoms with Crippen LogP contribution in [0.2, 0.25) is 0 Å². The fraction of sp³-hybridized carbons (Fsp3) is 0.176. The first-order chi connectivity index (χ1) is 12.4. The number of aromatic nitrogens is 1. The minimum atomic E-state index is -4.52. The lowest BCUT2D eigenvalue weighted by molar-refractivity contribution is -0.137. The highest BCUT2D eigenvalue weighted by Crippen LogP contribution is 2.35. The molecular weight excluding hydrogens is 369 g/mol. The molecule has 3 aromatic rings. The van der Waals surface area contributed by atoms with Crippen molar-refractivity contribution in [2.45, 2.75) is 11.4 Å². The molecule has 1 N–H and O–H groups in total. The summed E-state index contributed by atoms with van der Waals surface area (Å²) < 4.78 is 49.0. The molecule has 0 spiro atoms. The van der Waals surface area contributed by atoms with E-state index in [4.69, 9.17) is 9.15 Å². The molecule has 1 aromatic heterocycles. The molecule has 3 rings (SSSR count). The van der Waals surface area contributed by atoms with Crippen LogP contribution in [0.1, 0.15) is 5.56 Å². The molecule has 0 saturated heterocycles. The summed E-state index contributed by atoms with van der Waals surface area (Å²) in [4.78, 5) is 16.3. The second-order valence-corrected chi connectivity index (χ2v) is 6.12. The summed E-state index contributed by atoms with van der Waals surface area (Å²) in [6, 6.07) is 10.0. The van der Waals surface area contributed by atoms with E-state index >= 15 is 0 Å². The second-order valence-electron chi connectivity index (χ2n) is 5.20. The first-order valence-electron chi connectivity index (χ1n) is 7.40. The van der Waals surface area contributed by atoms with Crippen LogP contribution in [0.25, 0.3) is 11.1 Å². The van der Waals surface area contributed by atoms with Crippen molar-refractivity contribution in [3.8, 4) is 5.75 Å². The van der Waals surface area contributed by atoms with Crippen LogP contribution < -0.4 is 10.1 Å². The van der Waals surface area contributed by atoms with Gasteiger partial charge in [0.1, 0.15) is 11.3 Å². The van der Waals surface area contributed by atoms with Crippen LogP contribution >= 0.6 is 11.8 Å². The molecule has 1 amide bonds. The van der Waals surface area contributed by atoms with Crippen LogP contribution in [-0.4, -0.2) is 23.8 Å². The number of anilines is 1. The molecule has 5 nitrogen and oxygen atoms in total. The normalized spacial score (nSPS) is 11.5. The summed E-state index contributed by atoms with van der Waals surface area (Å²) >= 11 is 1.04. The van der Waals surface area contributed by atoms with E-state index in [2.05, 4.69) is 10.3 Å². The number of amides is 1. The third kappa shape index (κ3) is 4.10. The summed E-state index contributed by atoms with van der Waals surface area (Å²) in [5, 5.41) is 2.73. The van der Waals surface area contributed by atoms with E-state index in [0.717, 1.165) is 30.0 Å². The van der Waals surface area contributed by atoms with E-state index in [1.807, 2.05) is 6.07 Å². The van der Waals surface area contributed by atoms with E-state index in [-0.39, 0.29) is 17.2 Å². The largest absolute Gasteiger partial charge is 0.495 e. The molecule has 0 aliphatic rings. The molecule has 1 heterocycles. The van der Waals surface area contributed by atoms with Gasteiger partial charge in [-0.2, -0.15) is 13.2 Å². The highest BCUT2D eigenvalue weighted by atomic mass is 32.2. The number of alkyl halides is 3. The molecule has 26 heavy (non-hydrogen) atoms. The number of para-hydroxylation sites is 2. The Balaban J connectivity index is 1.69. The fourth-order valence-corrected chi connectivity index (χ4v) is 2.85. The third-order valence-electron chi connectivity index (χ3n) is 3.40. The van der Waals surface area contributed by atoms with Crippen molar-refractivity contribution in [2.75, 3.05) is 18.2 Å². The topological polar surface area (TPSA) is 64.4 Å². The highest BCUT2D eigenvalue weighted by molar-refractivity contribution is 7.99. The molecule has 2 aromatic carbocycles. The molecule has 0 aliphatic carbocycles. The Bertz CT molecular complexity index is 907. The van der Waals surface area contributed by atoms with Crippen LogP contribution in [0.15, 0.2) is 52.1 Å². The Morgan fingerprint density at radius 1 is 1.27 bits per heavy atom. The van der Waals surface area contributed by atoms with Crippen molar-refractivity contribution in [3.63, 3.8) is 0 Å². The van der Waals surface area contributed by atoms with Crippen LogP contribution in [0.5, 0.6) is 5.75 Å². The van der Waals surface area contributed by atoms with Crippen molar-refractivity contribution in [3.05, 3.63) is 48.0 Å². The lowest BCUT2D eigenvalue weighted by Gasteiger charge is -2.13. The molecule has 9 heteroatoms. The van der Waals surface area contributed by atoms with Crippen molar-refractivity contribution >= 4 is 34.5 Å². The second kappa shape index (κ2) is 7.28. The number of ether oxygens (including phenoxy) is 1. The van der Waals surface area contributed by atoms with Crippen LogP contribution in [0.3, 0.4) is 0 Å². The van der Waals surface area contributed by atoms with Gasteiger partial charge in [0.2, 0.25) is 5.91 Å². The third-order valence-corrected chi connectivity index (χ3v) is 4.23. The van der Waals surface area contributed by atoms with Gasteiger partial charge in [0.25, 0.3) is 5.22 Å². The van der Waals surface area contributed by atoms with Gasteiger partial charge >= 0.3 is 6.18 Å². The number of carbonyl (C=O) groups is 1. The molecule has 0 unspecified atom stereocenters. The van der Waals surface area contributed by atoms with E-state index in [9.17, 15) is 18.0 Å². The minimum absolute atomic E-state index is 0.0505. The van der Waals surface area contributed by atoms with Gasteiger partial charge < -0.3 is 14.5 Å². The monoisotopic (exact) mass is 382 g/mol. The smallest absolute Gasteiger partial charge is 0.416 e. The number of hydrogen-bond acceptors (Lipinski definition) is 5. The van der Waals surface area contributed by atoms with Crippen molar-refractivity contribution in [2.24, 2.45) is 0 Å². The molecule has 0 saturated carbocycles. The van der Waals surface area contributed by atoms with E-state index in [0.29, 0.717) is 16.3 Å². The Morgan fingerprint density at radius 3 is 2.73 bits per heavy atom. The molecule has 0 aliphatic heterocycles. The van der Waals surface area contributed by atoms with Crippen LogP contribution in [0.4, 0.5) is 18.9 Å². The van der Waals surface area contributed by atoms with E-state index in [1.54, 1.807) is 18.2 Å². The Labute approximate surface area is 150 Å². The van der Waals surface area contributed by atoms with Gasteiger partial charge in [0.15, 0.2) is 5.58 Å². The van der Waals surface area contributed by atoms with Crippen molar-refractivity contribution < 1.29 is 27.1 Å². The van der Waals surface area contributed by atoms with Gasteiger partial charge in [-0.05, 0) is 30.3 Å². The van der Waals surface area contributed by atoms with Crippen LogP contribution in [0, 0.1) is 0 Å². The number of rotatable bonds is 5. The highest BCUT2D eigenvalue weighted by Gasteiger charge is 2.31. The lowest BCUT2D eigenvalue weighted by Crippen LogP contribution is -2.16. The van der Waals surface area contributed by atoms with Gasteiger partial charge in [0, 0.05) is 0 Å². The molecule has 0 fully saturated rings. The predicted molar refractivity (Wildman–Crippen MR) is 91.4 cm³/mol. The Morgan fingerprint density at radius 2 is 2.04 bits per heavy atom. The number of hydrogen-bond donors (Lipinski definition) is 1. The van der Waals surface area contributed by atoms with Crippen molar-refractivity contribution in [1.82, 2.24) is 4.98 Å². The predicted octanol–water partition coefficient (Wildman–Crippen LogP) is 4.59. The summed E-state index contributed by atoms with van der Waals surface area (Å²) in [7, 11) is 1.31. The summed E-state index contributed by atoms with van der Waals surface area (Å²) in [5.74, 6) is -0.445. The molecule has 0 radical (unpaired) electrons. The average Bonchev–Trinajstić information content (AvgIpc) is 3.02. The lowest BCUT2D eigenvalue weighted by atomic mass is 10.2. The number of halogens is 3. The number of oxazole rings is 1. The summed E-state index contributed by atoms with van der Waals surface area (Å²) in [6.45, 7) is 0. The molecule has 0 bridgehead atoms. The maximum absolute atomic E-state index is 12.8. The summed E-state index contributed by atoms with van der Waals surface area (Å²) in [6.07, 6.45) is -4.52. The average molecular weight is 382 g/mol. The molecular formula is C17H13F3N2O3S. The van der Waals surface area contributed by atoms with Gasteiger partial charge in [-0.15, -0.1) is 0 Å². The SMILES string of the molecule is COc1ccc(C(F)(F)F)cc1NC(=O)CSc1nc2ccccc2o1. The minimum Gasteiger partial charge on any atom is -0.495 e. The van der Waals surface area contributed by atoms with Gasteiger partial charge in [0.05, 0.1) is 24.1 Å². The number of methoxy groups -OCH3 is 1. The van der Waals surface area contributed by atoms with Gasteiger partial charge in [-0.1, -0.05) is 23.9 Å². The Kier molecular flexibility index (Phi) is 5.08. The first-order valence-corrected chi connectivity index (χ1v) is 8.39. The molecule has 0 atom stereocenters. The zero-order chi connectivity index (χ0) is 18.7. The first kappa shape index (κ1) is 18.1. The zero-order valence-corrected chi connectivity index (χ0v) is 14.3. The zero-order valence-electron chi connectivity index (χ0n) is 13.5. The van der Waals surface area contributed by atoms with Gasteiger partial charge in [-0.25, -0.2) is 4.98 Å². The van der Waals surface area contributed by atoms with Crippen LogP contribution in [-0.2, 0) is 11.0 Å². The van der Waals surface area contributed by atoms with Crippen molar-refractivity contribution in [1.29, 1.82) is 0 Å². The number of nitrogens with one attached hydrogen (secondary N) is 1. The van der Waals surface area contributed by atoms with E-state index in [1.165, 1.54) is 7.11 Å². The Hall–Kier alpha value is -2.68. The number of carbonyl (C=O) groups excluding carboxylic acids is 1. The van der Waals surface area contributed by atoms with E-state index < -0.39 is 17.6 Å². The maximum atomic E-state index is 12.8. The maximum Gasteiger partial charge on any atom is 0.416 e. The number of fused-ring (bicyclic) bond motifs is 1. The summed E-state index contributed by atoms with van der Waals surface area (Å²) in [5.41, 5.74) is 0.329.